The molecule has 0 radical (unpaired) electrons. The summed E-state index contributed by atoms with van der Waals surface area (Å²) in [6.07, 6.45) is 3.85. The van der Waals surface area contributed by atoms with Crippen LogP contribution in [0.4, 0.5) is 0 Å². The highest BCUT2D eigenvalue weighted by atomic mass is 79.9. The molecule has 1 unspecified atom stereocenters. The second-order valence-corrected chi connectivity index (χ2v) is 5.76. The number of rotatable bonds is 5. The van der Waals surface area contributed by atoms with Crippen molar-refractivity contribution in [3.8, 4) is 5.75 Å². The van der Waals surface area contributed by atoms with Crippen LogP contribution < -0.4 is 4.74 Å². The Morgan fingerprint density at radius 2 is 2.00 bits per heavy atom. The Kier molecular flexibility index (Phi) is 3.35. The first-order valence-electron chi connectivity index (χ1n) is 5.55. The second-order valence-electron chi connectivity index (χ2n) is 4.39. The highest BCUT2D eigenvalue weighted by molar-refractivity contribution is 9.09. The van der Waals surface area contributed by atoms with Gasteiger partial charge in [-0.2, -0.15) is 0 Å². The van der Waals surface area contributed by atoms with Gasteiger partial charge in [-0.1, -0.05) is 41.1 Å². The van der Waals surface area contributed by atoms with Gasteiger partial charge in [-0.3, -0.25) is 0 Å². The van der Waals surface area contributed by atoms with E-state index in [1.165, 1.54) is 12.8 Å². The average Bonchev–Trinajstić information content (AvgIpc) is 3.01. The van der Waals surface area contributed by atoms with Gasteiger partial charge in [-0.25, -0.2) is 0 Å². The van der Waals surface area contributed by atoms with Gasteiger partial charge in [-0.15, -0.1) is 0 Å². The molecular weight excluding hydrogens is 252 g/mol. The first-order chi connectivity index (χ1) is 7.23. The summed E-state index contributed by atoms with van der Waals surface area (Å²) in [6.45, 7) is 3.08. The van der Waals surface area contributed by atoms with E-state index in [-0.39, 0.29) is 0 Å². The Balaban J connectivity index is 1.76. The Hall–Kier alpha value is -0.500. The molecule has 82 valence electrons. The monoisotopic (exact) mass is 268 g/mol. The van der Waals surface area contributed by atoms with Crippen LogP contribution in [0.25, 0.3) is 0 Å². The molecule has 1 aromatic carbocycles. The number of hydrogen-bond donors (Lipinski definition) is 0. The lowest BCUT2D eigenvalue weighted by Crippen LogP contribution is -2.15. The molecule has 1 atom stereocenters. The highest BCUT2D eigenvalue weighted by Crippen LogP contribution is 2.54. The minimum absolute atomic E-state index is 0.523. The summed E-state index contributed by atoms with van der Waals surface area (Å²) in [5.41, 5.74) is 0.523. The number of ether oxygens (including phenoxy) is 1. The van der Waals surface area contributed by atoms with Crippen molar-refractivity contribution in [1.82, 2.24) is 0 Å². The van der Waals surface area contributed by atoms with E-state index in [0.717, 1.165) is 18.8 Å². The molecule has 1 aromatic rings. The normalized spacial score (nSPS) is 19.6. The van der Waals surface area contributed by atoms with Gasteiger partial charge in [0, 0.05) is 4.83 Å². The van der Waals surface area contributed by atoms with Crippen LogP contribution in [0, 0.1) is 5.41 Å². The van der Waals surface area contributed by atoms with Crippen molar-refractivity contribution in [3.63, 3.8) is 0 Å². The van der Waals surface area contributed by atoms with E-state index in [1.54, 1.807) is 0 Å². The SMILES string of the molecule is CC(Br)C1(CCOc2ccccc2)CC1. The van der Waals surface area contributed by atoms with Crippen molar-refractivity contribution in [2.24, 2.45) is 5.41 Å². The lowest BCUT2D eigenvalue weighted by Gasteiger charge is -2.18. The number of alkyl halides is 1. The van der Waals surface area contributed by atoms with Gasteiger partial charge in [-0.05, 0) is 36.8 Å². The predicted molar refractivity (Wildman–Crippen MR) is 66.6 cm³/mol. The molecule has 1 aliphatic carbocycles. The summed E-state index contributed by atoms with van der Waals surface area (Å²) in [4.78, 5) is 0.615. The quantitative estimate of drug-likeness (QED) is 0.733. The molecule has 0 saturated heterocycles. The van der Waals surface area contributed by atoms with Crippen molar-refractivity contribution in [2.75, 3.05) is 6.61 Å². The van der Waals surface area contributed by atoms with Crippen LogP contribution in [0.2, 0.25) is 0 Å². The molecular formula is C13H17BrO. The third-order valence-corrected chi connectivity index (χ3v) is 4.32. The molecule has 0 amide bonds. The van der Waals surface area contributed by atoms with Gasteiger partial charge in [0.05, 0.1) is 6.61 Å². The zero-order chi connectivity index (χ0) is 10.7. The van der Waals surface area contributed by atoms with Crippen LogP contribution in [0.15, 0.2) is 30.3 Å². The van der Waals surface area contributed by atoms with Crippen LogP contribution in [0.1, 0.15) is 26.2 Å². The van der Waals surface area contributed by atoms with E-state index >= 15 is 0 Å². The number of hydrogen-bond acceptors (Lipinski definition) is 1. The lowest BCUT2D eigenvalue weighted by molar-refractivity contribution is 0.269. The van der Waals surface area contributed by atoms with Crippen LogP contribution in [-0.4, -0.2) is 11.4 Å². The summed E-state index contributed by atoms with van der Waals surface area (Å²) in [7, 11) is 0. The molecule has 0 aromatic heterocycles. The molecule has 2 heteroatoms. The van der Waals surface area contributed by atoms with Gasteiger partial charge in [0.25, 0.3) is 0 Å². The van der Waals surface area contributed by atoms with Crippen LogP contribution in [0.3, 0.4) is 0 Å². The van der Waals surface area contributed by atoms with Crippen molar-refractivity contribution in [1.29, 1.82) is 0 Å². The summed E-state index contributed by atoms with van der Waals surface area (Å²) in [5.74, 6) is 0.982. The van der Waals surface area contributed by atoms with E-state index in [4.69, 9.17) is 4.74 Å². The fourth-order valence-corrected chi connectivity index (χ4v) is 2.58. The topological polar surface area (TPSA) is 9.23 Å². The molecule has 1 saturated carbocycles. The Labute approximate surface area is 100.0 Å². The third-order valence-electron chi connectivity index (χ3n) is 3.35. The third kappa shape index (κ3) is 2.75. The fourth-order valence-electron chi connectivity index (χ4n) is 1.90. The lowest BCUT2D eigenvalue weighted by atomic mass is 10.00. The van der Waals surface area contributed by atoms with Crippen LogP contribution in [-0.2, 0) is 0 Å². The molecule has 0 N–H and O–H groups in total. The van der Waals surface area contributed by atoms with Gasteiger partial charge in [0.15, 0.2) is 0 Å². The zero-order valence-corrected chi connectivity index (χ0v) is 10.7. The smallest absolute Gasteiger partial charge is 0.119 e. The van der Waals surface area contributed by atoms with Crippen molar-refractivity contribution in [3.05, 3.63) is 30.3 Å². The van der Waals surface area contributed by atoms with Gasteiger partial charge >= 0.3 is 0 Å². The highest BCUT2D eigenvalue weighted by Gasteiger charge is 2.45. The predicted octanol–water partition coefficient (Wildman–Crippen LogP) is 4.02. The molecule has 0 spiro atoms. The maximum atomic E-state index is 5.71. The standard InChI is InChI=1S/C13H17BrO/c1-11(14)13(7-8-13)9-10-15-12-5-3-2-4-6-12/h2-6,11H,7-10H2,1H3. The van der Waals surface area contributed by atoms with E-state index < -0.39 is 0 Å². The van der Waals surface area contributed by atoms with E-state index in [0.29, 0.717) is 10.2 Å². The second kappa shape index (κ2) is 4.56. The minimum atomic E-state index is 0.523. The van der Waals surface area contributed by atoms with Gasteiger partial charge in [0.1, 0.15) is 5.75 Å². The van der Waals surface area contributed by atoms with E-state index in [2.05, 4.69) is 22.9 Å². The summed E-state index contributed by atoms with van der Waals surface area (Å²) in [6, 6.07) is 10.1. The molecule has 0 heterocycles. The molecule has 1 nitrogen and oxygen atoms in total. The Bertz CT molecular complexity index is 304. The number of halogens is 1. The average molecular weight is 269 g/mol. The van der Waals surface area contributed by atoms with Crippen molar-refractivity contribution >= 4 is 15.9 Å². The maximum absolute atomic E-state index is 5.71. The maximum Gasteiger partial charge on any atom is 0.119 e. The molecule has 0 bridgehead atoms. The number of benzene rings is 1. The fraction of sp³-hybridized carbons (Fsp3) is 0.538. The molecule has 2 rings (SSSR count). The number of para-hydroxylation sites is 1. The van der Waals surface area contributed by atoms with Crippen LogP contribution >= 0.6 is 15.9 Å². The van der Waals surface area contributed by atoms with Crippen molar-refractivity contribution < 1.29 is 4.74 Å². The zero-order valence-electron chi connectivity index (χ0n) is 9.08. The molecule has 15 heavy (non-hydrogen) atoms. The molecule has 1 fully saturated rings. The summed E-state index contributed by atoms with van der Waals surface area (Å²) < 4.78 is 5.71. The largest absolute Gasteiger partial charge is 0.494 e. The van der Waals surface area contributed by atoms with E-state index in [1.807, 2.05) is 30.3 Å². The van der Waals surface area contributed by atoms with E-state index in [9.17, 15) is 0 Å². The van der Waals surface area contributed by atoms with Crippen molar-refractivity contribution in [2.45, 2.75) is 31.0 Å². The first-order valence-corrected chi connectivity index (χ1v) is 6.46. The molecule has 1 aliphatic rings. The van der Waals surface area contributed by atoms with Gasteiger partial charge in [0.2, 0.25) is 0 Å². The minimum Gasteiger partial charge on any atom is -0.494 e. The van der Waals surface area contributed by atoms with Gasteiger partial charge < -0.3 is 4.74 Å². The first kappa shape index (κ1) is 11.0. The Morgan fingerprint density at radius 3 is 2.53 bits per heavy atom. The Morgan fingerprint density at radius 1 is 1.33 bits per heavy atom. The summed E-state index contributed by atoms with van der Waals surface area (Å²) >= 11 is 3.69. The summed E-state index contributed by atoms with van der Waals surface area (Å²) in [5, 5.41) is 0. The molecule has 0 aliphatic heterocycles. The van der Waals surface area contributed by atoms with Crippen LogP contribution in [0.5, 0.6) is 5.75 Å².